The lowest BCUT2D eigenvalue weighted by Crippen LogP contribution is -2.44. The van der Waals surface area contributed by atoms with Gasteiger partial charge in [-0.2, -0.15) is 0 Å². The second-order valence-corrected chi connectivity index (χ2v) is 12.5. The largest absolute Gasteiger partial charge is 0.360 e. The number of aromatic nitrogens is 3. The van der Waals surface area contributed by atoms with Crippen molar-refractivity contribution >= 4 is 38.0 Å². The Labute approximate surface area is 269 Å². The molecule has 0 bridgehead atoms. The molecule has 1 aliphatic heterocycles. The molecule has 11 nitrogen and oxygen atoms in total. The van der Waals surface area contributed by atoms with Crippen molar-refractivity contribution in [3.63, 3.8) is 0 Å². The number of nitrogens with two attached hydrogens (primary N) is 1. The first-order valence-corrected chi connectivity index (χ1v) is 16.1. The first-order chi connectivity index (χ1) is 22.6. The third-order valence-electron chi connectivity index (χ3n) is 7.57. The molecule has 2 aromatic heterocycles. The lowest BCUT2D eigenvalue weighted by molar-refractivity contribution is 0.552. The van der Waals surface area contributed by atoms with E-state index < -0.39 is 39.5 Å². The van der Waals surface area contributed by atoms with Gasteiger partial charge in [0.2, 0.25) is 0 Å². The molecular formula is C33H30F2N8O3S. The summed E-state index contributed by atoms with van der Waals surface area (Å²) >= 11 is 0. The van der Waals surface area contributed by atoms with E-state index in [9.17, 15) is 22.0 Å². The van der Waals surface area contributed by atoms with Crippen LogP contribution < -0.4 is 26.6 Å². The number of nitrogens with one attached hydrogen (secondary N) is 3. The minimum absolute atomic E-state index is 0.133. The van der Waals surface area contributed by atoms with Crippen LogP contribution in [0.2, 0.25) is 0 Å². The van der Waals surface area contributed by atoms with Crippen LogP contribution in [0.1, 0.15) is 37.7 Å². The molecule has 5 N–H and O–H groups in total. The van der Waals surface area contributed by atoms with E-state index in [0.717, 1.165) is 12.1 Å². The number of hydrogen-bond donors (Lipinski definition) is 4. The van der Waals surface area contributed by atoms with Crippen LogP contribution in [-0.4, -0.2) is 35.1 Å². The third kappa shape index (κ3) is 6.33. The van der Waals surface area contributed by atoms with Crippen LogP contribution >= 0.6 is 0 Å². The zero-order chi connectivity index (χ0) is 33.3. The first-order valence-electron chi connectivity index (χ1n) is 14.6. The summed E-state index contributed by atoms with van der Waals surface area (Å²) < 4.78 is 58.7. The van der Waals surface area contributed by atoms with Gasteiger partial charge >= 0.3 is 0 Å². The molecule has 1 aliphatic rings. The van der Waals surface area contributed by atoms with E-state index in [4.69, 9.17) is 10.7 Å². The molecule has 0 aliphatic carbocycles. The molecule has 3 aromatic carbocycles. The Morgan fingerprint density at radius 3 is 2.49 bits per heavy atom. The molecule has 14 heteroatoms. The van der Waals surface area contributed by atoms with Crippen molar-refractivity contribution in [2.24, 2.45) is 10.7 Å². The van der Waals surface area contributed by atoms with Crippen molar-refractivity contribution in [3.05, 3.63) is 130 Å². The Balaban J connectivity index is 1.42. The molecule has 2 unspecified atom stereocenters. The van der Waals surface area contributed by atoms with E-state index in [1.54, 1.807) is 43.3 Å². The highest BCUT2D eigenvalue weighted by Gasteiger charge is 2.28. The Morgan fingerprint density at radius 2 is 1.77 bits per heavy atom. The number of fused-ring (bicyclic) bond motifs is 1. The van der Waals surface area contributed by atoms with Crippen LogP contribution in [0.5, 0.6) is 0 Å². The van der Waals surface area contributed by atoms with Crippen molar-refractivity contribution in [3.8, 4) is 5.69 Å². The number of anilines is 1. The molecule has 0 saturated heterocycles. The number of para-hydroxylation sites is 1. The quantitative estimate of drug-likeness (QED) is 0.189. The predicted molar refractivity (Wildman–Crippen MR) is 176 cm³/mol. The van der Waals surface area contributed by atoms with Crippen LogP contribution in [0.15, 0.2) is 112 Å². The van der Waals surface area contributed by atoms with Crippen molar-refractivity contribution in [2.45, 2.75) is 37.5 Å². The van der Waals surface area contributed by atoms with Crippen LogP contribution in [0.3, 0.4) is 0 Å². The van der Waals surface area contributed by atoms with Gasteiger partial charge in [-0.05, 0) is 67.9 Å². The van der Waals surface area contributed by atoms with Gasteiger partial charge in [-0.25, -0.2) is 27.2 Å². The molecule has 0 saturated carbocycles. The van der Waals surface area contributed by atoms with Gasteiger partial charge in [-0.3, -0.25) is 24.8 Å². The van der Waals surface area contributed by atoms with Crippen LogP contribution in [0.4, 0.5) is 14.5 Å². The fourth-order valence-corrected chi connectivity index (χ4v) is 6.43. The Kier molecular flexibility index (Phi) is 8.54. The van der Waals surface area contributed by atoms with Gasteiger partial charge in [0.05, 0.1) is 17.2 Å². The Morgan fingerprint density at radius 1 is 1.02 bits per heavy atom. The maximum Gasteiger partial charge on any atom is 0.269 e. The average Bonchev–Trinajstić information content (AvgIpc) is 3.04. The number of aliphatic imine (C=N–C) groups is 1. The Hall–Kier alpha value is -5.47. The van der Waals surface area contributed by atoms with E-state index in [1.807, 2.05) is 6.92 Å². The van der Waals surface area contributed by atoms with Gasteiger partial charge in [0.1, 0.15) is 33.6 Å². The van der Waals surface area contributed by atoms with Crippen molar-refractivity contribution in [1.82, 2.24) is 25.2 Å². The molecule has 5 aromatic rings. The van der Waals surface area contributed by atoms with Crippen molar-refractivity contribution in [2.75, 3.05) is 4.72 Å². The molecule has 0 spiro atoms. The monoisotopic (exact) mass is 656 g/mol. The summed E-state index contributed by atoms with van der Waals surface area (Å²) in [6, 6.07) is 18.8. The minimum Gasteiger partial charge on any atom is -0.360 e. The lowest BCUT2D eigenvalue weighted by Gasteiger charge is -2.29. The van der Waals surface area contributed by atoms with Crippen LogP contribution in [-0.2, 0) is 10.0 Å². The van der Waals surface area contributed by atoms with Crippen LogP contribution in [0, 0.1) is 11.6 Å². The maximum absolute atomic E-state index is 14.9. The number of hydrogen-bond acceptors (Lipinski definition) is 9. The topological polar surface area (TPSA) is 156 Å². The maximum atomic E-state index is 14.9. The summed E-state index contributed by atoms with van der Waals surface area (Å²) in [4.78, 5) is 27.2. The normalized spacial score (nSPS) is 15.6. The summed E-state index contributed by atoms with van der Waals surface area (Å²) in [7, 11) is -4.11. The van der Waals surface area contributed by atoms with Crippen molar-refractivity contribution in [1.29, 1.82) is 0 Å². The van der Waals surface area contributed by atoms with E-state index in [0.29, 0.717) is 40.6 Å². The predicted octanol–water partition coefficient (Wildman–Crippen LogP) is 4.58. The number of nitrogens with zero attached hydrogens (tertiary/aromatic N) is 4. The molecule has 2 atom stereocenters. The van der Waals surface area contributed by atoms with Crippen molar-refractivity contribution < 1.29 is 17.2 Å². The molecule has 3 heterocycles. The minimum atomic E-state index is -4.11. The van der Waals surface area contributed by atoms with E-state index in [2.05, 4.69) is 25.3 Å². The fourth-order valence-electron chi connectivity index (χ4n) is 5.39. The molecule has 0 amide bonds. The van der Waals surface area contributed by atoms with Gasteiger partial charge in [0.15, 0.2) is 6.29 Å². The van der Waals surface area contributed by atoms with Crippen LogP contribution in [0.25, 0.3) is 22.2 Å². The number of allylic oxidation sites excluding steroid dienone is 1. The summed E-state index contributed by atoms with van der Waals surface area (Å²) in [5.74, 6) is -0.565. The number of benzene rings is 3. The number of sulfonamides is 1. The molecule has 240 valence electrons. The van der Waals surface area contributed by atoms with E-state index in [-0.39, 0.29) is 21.5 Å². The summed E-state index contributed by atoms with van der Waals surface area (Å²) in [6.07, 6.45) is 2.27. The third-order valence-corrected chi connectivity index (χ3v) is 8.92. The zero-order valence-electron chi connectivity index (χ0n) is 25.3. The summed E-state index contributed by atoms with van der Waals surface area (Å²) in [5.41, 5.74) is 7.99. The highest BCUT2D eigenvalue weighted by atomic mass is 32.2. The summed E-state index contributed by atoms with van der Waals surface area (Å²) in [6.45, 7) is 3.66. The van der Waals surface area contributed by atoms with Gasteiger partial charge < -0.3 is 10.6 Å². The number of halogens is 2. The Bertz CT molecular complexity index is 2210. The first kappa shape index (κ1) is 31.5. The molecule has 0 fully saturated rings. The highest BCUT2D eigenvalue weighted by molar-refractivity contribution is 7.92. The SMILES string of the molecule is CCC(NC1=NC(N)NC(C)=C1c1cncc(S(=O)(=O)Nc2ccc(F)cc2)c1)c1nc2cccc(F)c2c(=O)n1-c1ccccc1. The standard InChI is InChI=1S/C33H30F2N8O3S/c1-3-26(31-40-27-11-7-10-25(35)29(27)32(44)43(31)23-8-5-4-6-9-23)39-30-28(19(2)38-33(36)41-30)20-16-24(18-37-17-20)47(45,46)42-22-14-12-21(34)13-15-22/h4-18,26,33,38,42H,3,36H2,1-2H3,(H,39,41). The molecule has 6 rings (SSSR count). The molecule has 47 heavy (non-hydrogen) atoms. The van der Waals surface area contributed by atoms with Gasteiger partial charge in [0.25, 0.3) is 15.6 Å². The smallest absolute Gasteiger partial charge is 0.269 e. The zero-order valence-corrected chi connectivity index (χ0v) is 26.1. The number of pyridine rings is 1. The van der Waals surface area contributed by atoms with Gasteiger partial charge in [-0.15, -0.1) is 0 Å². The number of amidine groups is 1. The lowest BCUT2D eigenvalue weighted by atomic mass is 10.0. The van der Waals surface area contributed by atoms with E-state index in [1.165, 1.54) is 47.3 Å². The summed E-state index contributed by atoms with van der Waals surface area (Å²) in [5, 5.41) is 6.30. The number of rotatable bonds is 8. The van der Waals surface area contributed by atoms with Gasteiger partial charge in [0, 0.05) is 34.9 Å². The molecule has 0 radical (unpaired) electrons. The average molecular weight is 657 g/mol. The highest BCUT2D eigenvalue weighted by Crippen LogP contribution is 2.28. The second-order valence-electron chi connectivity index (χ2n) is 10.8. The molecular weight excluding hydrogens is 626 g/mol. The van der Waals surface area contributed by atoms with E-state index >= 15 is 0 Å². The fraction of sp³-hybridized carbons (Fsp3) is 0.152. The van der Waals surface area contributed by atoms with Gasteiger partial charge in [-0.1, -0.05) is 31.2 Å². The second kappa shape index (κ2) is 12.7.